The Balaban J connectivity index is 2.53. The van der Waals surface area contributed by atoms with Crippen molar-refractivity contribution in [1.82, 2.24) is 9.97 Å². The van der Waals surface area contributed by atoms with E-state index < -0.39 is 12.4 Å². The van der Waals surface area contributed by atoms with Crippen LogP contribution in [-0.2, 0) is 4.74 Å². The van der Waals surface area contributed by atoms with Crippen molar-refractivity contribution >= 4 is 17.0 Å². The Morgan fingerprint density at radius 1 is 1.35 bits per heavy atom. The SMILES string of the molecule is CCOC(=O)c1cnc2cc(C(F)F)c(OC)nc2c1. The van der Waals surface area contributed by atoms with Crippen molar-refractivity contribution in [3.05, 3.63) is 29.5 Å². The first-order valence-electron chi connectivity index (χ1n) is 5.86. The summed E-state index contributed by atoms with van der Waals surface area (Å²) in [6, 6.07) is 2.62. The summed E-state index contributed by atoms with van der Waals surface area (Å²) < 4.78 is 35.3. The smallest absolute Gasteiger partial charge is 0.339 e. The lowest BCUT2D eigenvalue weighted by atomic mass is 10.2. The third kappa shape index (κ3) is 2.66. The molecule has 0 atom stereocenters. The number of fused-ring (bicyclic) bond motifs is 1. The van der Waals surface area contributed by atoms with Gasteiger partial charge in [0.1, 0.15) is 0 Å². The van der Waals surface area contributed by atoms with E-state index in [0.29, 0.717) is 0 Å². The minimum Gasteiger partial charge on any atom is -0.481 e. The van der Waals surface area contributed by atoms with Gasteiger partial charge in [0, 0.05) is 6.20 Å². The fourth-order valence-corrected chi connectivity index (χ4v) is 1.69. The molecular weight excluding hydrogens is 270 g/mol. The highest BCUT2D eigenvalue weighted by atomic mass is 19.3. The van der Waals surface area contributed by atoms with Gasteiger partial charge in [0.15, 0.2) is 0 Å². The fourth-order valence-electron chi connectivity index (χ4n) is 1.69. The number of nitrogens with zero attached hydrogens (tertiary/aromatic N) is 2. The van der Waals surface area contributed by atoms with Crippen LogP contribution in [-0.4, -0.2) is 29.7 Å². The second-order valence-electron chi connectivity index (χ2n) is 3.87. The first-order valence-corrected chi connectivity index (χ1v) is 5.86. The van der Waals surface area contributed by atoms with Gasteiger partial charge in [-0.3, -0.25) is 4.98 Å². The fraction of sp³-hybridized carbons (Fsp3) is 0.308. The van der Waals surface area contributed by atoms with Crippen LogP contribution < -0.4 is 4.74 Å². The normalized spacial score (nSPS) is 10.8. The van der Waals surface area contributed by atoms with E-state index in [2.05, 4.69) is 9.97 Å². The highest BCUT2D eigenvalue weighted by Crippen LogP contribution is 2.29. The molecule has 0 aliphatic rings. The molecule has 2 rings (SSSR count). The molecule has 0 aliphatic heterocycles. The van der Waals surface area contributed by atoms with Crippen LogP contribution in [0.5, 0.6) is 5.88 Å². The van der Waals surface area contributed by atoms with Gasteiger partial charge < -0.3 is 9.47 Å². The van der Waals surface area contributed by atoms with Crippen molar-refractivity contribution in [2.75, 3.05) is 13.7 Å². The molecule has 2 aromatic rings. The molecule has 0 amide bonds. The Hall–Kier alpha value is -2.31. The molecule has 0 saturated carbocycles. The van der Waals surface area contributed by atoms with Gasteiger partial charge in [0.25, 0.3) is 6.43 Å². The molecule has 0 saturated heterocycles. The van der Waals surface area contributed by atoms with E-state index in [-0.39, 0.29) is 34.6 Å². The maximum atomic E-state index is 12.8. The van der Waals surface area contributed by atoms with Gasteiger partial charge in [0.2, 0.25) is 5.88 Å². The molecule has 0 fully saturated rings. The summed E-state index contributed by atoms with van der Waals surface area (Å²) in [6.45, 7) is 1.92. The molecule has 0 N–H and O–H groups in total. The Labute approximate surface area is 113 Å². The van der Waals surface area contributed by atoms with Crippen molar-refractivity contribution in [1.29, 1.82) is 0 Å². The molecule has 5 nitrogen and oxygen atoms in total. The van der Waals surface area contributed by atoms with Crippen LogP contribution in [0.25, 0.3) is 11.0 Å². The zero-order valence-corrected chi connectivity index (χ0v) is 10.9. The summed E-state index contributed by atoms with van der Waals surface area (Å²) in [5.74, 6) is -0.726. The molecule has 0 radical (unpaired) electrons. The summed E-state index contributed by atoms with van der Waals surface area (Å²) in [7, 11) is 1.25. The van der Waals surface area contributed by atoms with E-state index in [1.54, 1.807) is 6.92 Å². The molecule has 20 heavy (non-hydrogen) atoms. The van der Waals surface area contributed by atoms with Gasteiger partial charge in [0.05, 0.1) is 35.9 Å². The molecule has 7 heteroatoms. The Bertz CT molecular complexity index is 647. The number of hydrogen-bond acceptors (Lipinski definition) is 5. The van der Waals surface area contributed by atoms with Crippen LogP contribution in [0.2, 0.25) is 0 Å². The van der Waals surface area contributed by atoms with Crippen molar-refractivity contribution in [3.8, 4) is 5.88 Å². The quantitative estimate of drug-likeness (QED) is 0.807. The molecule has 2 aromatic heterocycles. The number of alkyl halides is 2. The second kappa shape index (κ2) is 5.77. The van der Waals surface area contributed by atoms with Gasteiger partial charge in [-0.05, 0) is 19.1 Å². The number of carbonyl (C=O) groups excluding carboxylic acids is 1. The van der Waals surface area contributed by atoms with E-state index in [0.717, 1.165) is 0 Å². The first kappa shape index (κ1) is 14.1. The number of carbonyl (C=O) groups is 1. The number of pyridine rings is 2. The number of methoxy groups -OCH3 is 1. The average molecular weight is 282 g/mol. The summed E-state index contributed by atoms with van der Waals surface area (Å²) >= 11 is 0. The first-order chi connectivity index (χ1) is 9.56. The maximum absolute atomic E-state index is 12.8. The number of aromatic nitrogens is 2. The molecular formula is C13H12F2N2O3. The van der Waals surface area contributed by atoms with Crippen molar-refractivity contribution in [3.63, 3.8) is 0 Å². The predicted molar refractivity (Wildman–Crippen MR) is 67.0 cm³/mol. The van der Waals surface area contributed by atoms with Crippen LogP contribution in [0.1, 0.15) is 29.3 Å². The number of ether oxygens (including phenoxy) is 2. The molecule has 0 aliphatic carbocycles. The van der Waals surface area contributed by atoms with Gasteiger partial charge in [-0.25, -0.2) is 18.6 Å². The lowest BCUT2D eigenvalue weighted by Gasteiger charge is -2.08. The Morgan fingerprint density at radius 3 is 2.70 bits per heavy atom. The lowest BCUT2D eigenvalue weighted by molar-refractivity contribution is 0.0526. The number of rotatable bonds is 4. The van der Waals surface area contributed by atoms with Crippen LogP contribution in [0.3, 0.4) is 0 Å². The minimum atomic E-state index is -2.71. The third-order valence-corrected chi connectivity index (χ3v) is 2.60. The maximum Gasteiger partial charge on any atom is 0.339 e. The molecule has 2 heterocycles. The van der Waals surface area contributed by atoms with Crippen molar-refractivity contribution in [2.24, 2.45) is 0 Å². The zero-order chi connectivity index (χ0) is 14.7. The van der Waals surface area contributed by atoms with Crippen LogP contribution in [0.4, 0.5) is 8.78 Å². The van der Waals surface area contributed by atoms with Crippen LogP contribution >= 0.6 is 0 Å². The number of hydrogen-bond donors (Lipinski definition) is 0. The number of esters is 1. The van der Waals surface area contributed by atoms with Crippen molar-refractivity contribution in [2.45, 2.75) is 13.3 Å². The zero-order valence-electron chi connectivity index (χ0n) is 10.9. The Morgan fingerprint density at radius 2 is 2.10 bits per heavy atom. The van der Waals surface area contributed by atoms with Gasteiger partial charge in [-0.2, -0.15) is 0 Å². The highest BCUT2D eigenvalue weighted by molar-refractivity contribution is 5.92. The van der Waals surface area contributed by atoms with E-state index in [1.165, 1.54) is 25.4 Å². The predicted octanol–water partition coefficient (Wildman–Crippen LogP) is 2.75. The van der Waals surface area contributed by atoms with E-state index >= 15 is 0 Å². The molecule has 0 aromatic carbocycles. The molecule has 0 unspecified atom stereocenters. The topological polar surface area (TPSA) is 61.3 Å². The minimum absolute atomic E-state index is 0.185. The molecule has 0 spiro atoms. The second-order valence-corrected chi connectivity index (χ2v) is 3.87. The molecule has 0 bridgehead atoms. The monoisotopic (exact) mass is 282 g/mol. The van der Waals surface area contributed by atoms with Crippen LogP contribution in [0, 0.1) is 0 Å². The summed E-state index contributed by atoms with van der Waals surface area (Å²) in [6.07, 6.45) is -1.45. The summed E-state index contributed by atoms with van der Waals surface area (Å²) in [5, 5.41) is 0. The van der Waals surface area contributed by atoms with Gasteiger partial charge in [-0.15, -0.1) is 0 Å². The van der Waals surface area contributed by atoms with E-state index in [1.807, 2.05) is 0 Å². The van der Waals surface area contributed by atoms with Crippen LogP contribution in [0.15, 0.2) is 18.3 Å². The largest absolute Gasteiger partial charge is 0.481 e. The van der Waals surface area contributed by atoms with Gasteiger partial charge >= 0.3 is 5.97 Å². The van der Waals surface area contributed by atoms with E-state index in [4.69, 9.17) is 9.47 Å². The molecule has 106 valence electrons. The summed E-state index contributed by atoms with van der Waals surface area (Å²) in [5.41, 5.74) is 0.418. The standard InChI is InChI=1S/C13H12F2N2O3/c1-3-20-13(18)7-4-10-9(16-6-7)5-8(11(14)15)12(17-10)19-2/h4-6,11H,3H2,1-2H3. The lowest BCUT2D eigenvalue weighted by Crippen LogP contribution is -2.06. The van der Waals surface area contributed by atoms with Gasteiger partial charge in [-0.1, -0.05) is 0 Å². The summed E-state index contributed by atoms with van der Waals surface area (Å²) in [4.78, 5) is 19.5. The number of halogens is 2. The van der Waals surface area contributed by atoms with E-state index in [9.17, 15) is 13.6 Å². The Kier molecular flexibility index (Phi) is 4.07. The van der Waals surface area contributed by atoms with Crippen molar-refractivity contribution < 1.29 is 23.0 Å². The third-order valence-electron chi connectivity index (χ3n) is 2.60. The highest BCUT2D eigenvalue weighted by Gasteiger charge is 2.18. The average Bonchev–Trinajstić information content (AvgIpc) is 2.45.